The number of halogens is 1. The zero-order valence-corrected chi connectivity index (χ0v) is 11.2. The molecule has 2 rings (SSSR count). The second-order valence-electron chi connectivity index (χ2n) is 4.56. The number of nitrogens with one attached hydrogen (secondary N) is 1. The summed E-state index contributed by atoms with van der Waals surface area (Å²) in [5.41, 5.74) is 2.42. The largest absolute Gasteiger partial charge is 0.396 e. The van der Waals surface area contributed by atoms with Gasteiger partial charge >= 0.3 is 0 Å². The van der Waals surface area contributed by atoms with Crippen molar-refractivity contribution in [3.8, 4) is 0 Å². The van der Waals surface area contributed by atoms with E-state index < -0.39 is 5.41 Å². The minimum Gasteiger partial charge on any atom is -0.396 e. The van der Waals surface area contributed by atoms with E-state index in [9.17, 15) is 5.11 Å². The van der Waals surface area contributed by atoms with E-state index >= 15 is 0 Å². The molecule has 0 amide bonds. The number of hydrogen-bond acceptors (Lipinski definition) is 3. The van der Waals surface area contributed by atoms with Gasteiger partial charge in [0.1, 0.15) is 0 Å². The Morgan fingerprint density at radius 2 is 2.28 bits per heavy atom. The van der Waals surface area contributed by atoms with Gasteiger partial charge in [0.15, 0.2) is 0 Å². The molecule has 4 nitrogen and oxygen atoms in total. The fourth-order valence-corrected chi connectivity index (χ4v) is 2.39. The van der Waals surface area contributed by atoms with Crippen molar-refractivity contribution in [3.05, 3.63) is 46.8 Å². The van der Waals surface area contributed by atoms with Crippen LogP contribution in [-0.2, 0) is 5.41 Å². The Kier molecular flexibility index (Phi) is 3.68. The first-order chi connectivity index (χ1) is 8.58. The minimum atomic E-state index is -0.394. The van der Waals surface area contributed by atoms with Gasteiger partial charge in [-0.3, -0.25) is 0 Å². The maximum Gasteiger partial charge on any atom is 0.222 e. The molecule has 1 atom stereocenters. The van der Waals surface area contributed by atoms with E-state index in [1.165, 1.54) is 0 Å². The topological polar surface area (TPSA) is 61.8 Å². The number of aromatic amines is 1. The van der Waals surface area contributed by atoms with Gasteiger partial charge in [0.2, 0.25) is 5.28 Å². The predicted molar refractivity (Wildman–Crippen MR) is 70.7 cm³/mol. The van der Waals surface area contributed by atoms with Crippen LogP contribution in [0.15, 0.2) is 24.5 Å². The fraction of sp³-hybridized carbons (Fsp3) is 0.385. The molecule has 5 heteroatoms. The summed E-state index contributed by atoms with van der Waals surface area (Å²) < 4.78 is 0. The highest BCUT2D eigenvalue weighted by atomic mass is 35.5. The monoisotopic (exact) mass is 265 g/mol. The van der Waals surface area contributed by atoms with E-state index in [4.69, 9.17) is 11.6 Å². The lowest BCUT2D eigenvalue weighted by Crippen LogP contribution is -2.28. The molecule has 0 saturated heterocycles. The van der Waals surface area contributed by atoms with Crippen LogP contribution in [-0.4, -0.2) is 26.7 Å². The Labute approximate surface area is 111 Å². The summed E-state index contributed by atoms with van der Waals surface area (Å²) in [5.74, 6) is 0. The number of aromatic nitrogens is 3. The molecule has 0 aliphatic rings. The summed E-state index contributed by atoms with van der Waals surface area (Å²) in [7, 11) is 0. The van der Waals surface area contributed by atoms with Crippen LogP contribution >= 0.6 is 11.6 Å². The summed E-state index contributed by atoms with van der Waals surface area (Å²) in [6, 6.07) is 3.92. The van der Waals surface area contributed by atoms with Crippen molar-refractivity contribution in [1.82, 2.24) is 15.0 Å². The third kappa shape index (κ3) is 2.26. The Morgan fingerprint density at radius 3 is 2.89 bits per heavy atom. The third-order valence-corrected chi connectivity index (χ3v) is 3.45. The van der Waals surface area contributed by atoms with Crippen molar-refractivity contribution in [2.24, 2.45) is 0 Å². The summed E-state index contributed by atoms with van der Waals surface area (Å²) in [5, 5.41) is 9.56. The van der Waals surface area contributed by atoms with E-state index in [0.717, 1.165) is 17.0 Å². The van der Waals surface area contributed by atoms with Gasteiger partial charge < -0.3 is 10.1 Å². The molecule has 2 aromatic rings. The summed E-state index contributed by atoms with van der Waals surface area (Å²) in [4.78, 5) is 11.5. The van der Waals surface area contributed by atoms with Crippen LogP contribution in [0.25, 0.3) is 0 Å². The summed E-state index contributed by atoms with van der Waals surface area (Å²) in [6.07, 6.45) is 4.15. The molecule has 2 heterocycles. The van der Waals surface area contributed by atoms with Crippen LogP contribution in [0.4, 0.5) is 0 Å². The Bertz CT molecular complexity index is 527. The molecule has 0 radical (unpaired) electrons. The average Bonchev–Trinajstić information content (AvgIpc) is 2.86. The van der Waals surface area contributed by atoms with Gasteiger partial charge in [-0.2, -0.15) is 0 Å². The lowest BCUT2D eigenvalue weighted by molar-refractivity contribution is 0.255. The lowest BCUT2D eigenvalue weighted by atomic mass is 9.78. The third-order valence-electron chi connectivity index (χ3n) is 3.27. The first-order valence-electron chi connectivity index (χ1n) is 5.82. The van der Waals surface area contributed by atoms with Crippen molar-refractivity contribution in [2.75, 3.05) is 6.61 Å². The molecular weight excluding hydrogens is 250 g/mol. The SMILES string of the molecule is Cc1cnc(Cl)nc1C(C)(CCO)c1ccc[nH]1. The minimum absolute atomic E-state index is 0.0799. The summed E-state index contributed by atoms with van der Waals surface area (Å²) >= 11 is 5.89. The van der Waals surface area contributed by atoms with Crippen molar-refractivity contribution < 1.29 is 5.11 Å². The predicted octanol–water partition coefficient (Wildman–Crippen LogP) is 2.45. The number of aliphatic hydroxyl groups is 1. The molecule has 2 aromatic heterocycles. The van der Waals surface area contributed by atoms with Crippen LogP contribution in [0.3, 0.4) is 0 Å². The highest BCUT2D eigenvalue weighted by Crippen LogP contribution is 2.34. The van der Waals surface area contributed by atoms with Gasteiger partial charge in [-0.1, -0.05) is 0 Å². The van der Waals surface area contributed by atoms with E-state index in [2.05, 4.69) is 15.0 Å². The van der Waals surface area contributed by atoms with E-state index in [1.807, 2.05) is 32.2 Å². The van der Waals surface area contributed by atoms with Gasteiger partial charge in [-0.25, -0.2) is 9.97 Å². The van der Waals surface area contributed by atoms with Gasteiger partial charge in [0.05, 0.1) is 11.1 Å². The molecule has 0 fully saturated rings. The number of H-pyrrole nitrogens is 1. The second kappa shape index (κ2) is 5.08. The smallest absolute Gasteiger partial charge is 0.222 e. The molecular formula is C13H16ClN3O. The highest BCUT2D eigenvalue weighted by molar-refractivity contribution is 6.28. The number of hydrogen-bond donors (Lipinski definition) is 2. The first kappa shape index (κ1) is 13.1. The number of rotatable bonds is 4. The van der Waals surface area contributed by atoms with E-state index in [1.54, 1.807) is 6.20 Å². The first-order valence-corrected chi connectivity index (χ1v) is 6.20. The Hall–Kier alpha value is -1.39. The molecule has 0 aromatic carbocycles. The zero-order chi connectivity index (χ0) is 13.2. The number of aryl methyl sites for hydroxylation is 1. The molecule has 1 unspecified atom stereocenters. The van der Waals surface area contributed by atoms with Crippen molar-refractivity contribution in [2.45, 2.75) is 25.7 Å². The van der Waals surface area contributed by atoms with Crippen LogP contribution in [0.2, 0.25) is 5.28 Å². The maximum absolute atomic E-state index is 9.33. The van der Waals surface area contributed by atoms with Gasteiger partial charge in [0, 0.05) is 24.7 Å². The van der Waals surface area contributed by atoms with Crippen LogP contribution in [0.5, 0.6) is 0 Å². The normalized spacial score (nSPS) is 14.4. The van der Waals surface area contributed by atoms with Crippen LogP contribution in [0.1, 0.15) is 30.3 Å². The molecule has 18 heavy (non-hydrogen) atoms. The lowest BCUT2D eigenvalue weighted by Gasteiger charge is -2.29. The van der Waals surface area contributed by atoms with Crippen LogP contribution in [0, 0.1) is 6.92 Å². The quantitative estimate of drug-likeness (QED) is 0.835. The van der Waals surface area contributed by atoms with Gasteiger partial charge in [-0.15, -0.1) is 0 Å². The van der Waals surface area contributed by atoms with E-state index in [-0.39, 0.29) is 11.9 Å². The van der Waals surface area contributed by atoms with Crippen molar-refractivity contribution in [1.29, 1.82) is 0 Å². The van der Waals surface area contributed by atoms with Crippen molar-refractivity contribution >= 4 is 11.6 Å². The fourth-order valence-electron chi connectivity index (χ4n) is 2.26. The molecule has 0 aliphatic heterocycles. The Morgan fingerprint density at radius 1 is 1.50 bits per heavy atom. The molecule has 96 valence electrons. The summed E-state index contributed by atoms with van der Waals surface area (Å²) in [6.45, 7) is 4.07. The van der Waals surface area contributed by atoms with Crippen LogP contribution < -0.4 is 0 Å². The van der Waals surface area contributed by atoms with Crippen molar-refractivity contribution in [3.63, 3.8) is 0 Å². The van der Waals surface area contributed by atoms with Gasteiger partial charge in [0.25, 0.3) is 0 Å². The molecule has 0 spiro atoms. The highest BCUT2D eigenvalue weighted by Gasteiger charge is 2.32. The zero-order valence-electron chi connectivity index (χ0n) is 10.4. The Balaban J connectivity index is 2.57. The average molecular weight is 266 g/mol. The molecule has 0 bridgehead atoms. The number of aliphatic hydroxyl groups excluding tert-OH is 1. The molecule has 0 aliphatic carbocycles. The maximum atomic E-state index is 9.33. The molecule has 0 saturated carbocycles. The van der Waals surface area contributed by atoms with Gasteiger partial charge in [-0.05, 0) is 49.6 Å². The standard InChI is InChI=1S/C13H16ClN3O/c1-9-8-16-12(14)17-11(9)13(2,5-7-18)10-4-3-6-15-10/h3-4,6,8,15,18H,5,7H2,1-2H3. The number of nitrogens with zero attached hydrogens (tertiary/aromatic N) is 2. The second-order valence-corrected chi connectivity index (χ2v) is 4.90. The molecule has 2 N–H and O–H groups in total. The van der Waals surface area contributed by atoms with E-state index in [0.29, 0.717) is 6.42 Å².